The lowest BCUT2D eigenvalue weighted by molar-refractivity contribution is -0.123. The first-order valence-electron chi connectivity index (χ1n) is 9.19. The highest BCUT2D eigenvalue weighted by molar-refractivity contribution is 6.30. The topological polar surface area (TPSA) is 55.1 Å². The molecule has 2 aromatic rings. The van der Waals surface area contributed by atoms with E-state index < -0.39 is 5.41 Å². The van der Waals surface area contributed by atoms with Gasteiger partial charge in [0.25, 0.3) is 0 Å². The van der Waals surface area contributed by atoms with Crippen LogP contribution in [0.3, 0.4) is 0 Å². The maximum Gasteiger partial charge on any atom is 0.232 e. The van der Waals surface area contributed by atoms with Crippen molar-refractivity contribution in [3.8, 4) is 11.3 Å². The SMILES string of the molecule is O=C(NCC1CCCCC1)C1(c2cc(-c3ccc(Cl)cc3)on2)CC1. The zero-order chi connectivity index (χ0) is 17.3. The van der Waals surface area contributed by atoms with Crippen molar-refractivity contribution in [3.63, 3.8) is 0 Å². The van der Waals surface area contributed by atoms with Crippen LogP contribution in [0.4, 0.5) is 0 Å². The summed E-state index contributed by atoms with van der Waals surface area (Å²) >= 11 is 5.93. The lowest BCUT2D eigenvalue weighted by Gasteiger charge is -2.23. The van der Waals surface area contributed by atoms with Crippen LogP contribution in [0.1, 0.15) is 50.6 Å². The molecule has 4 rings (SSSR count). The van der Waals surface area contributed by atoms with Crippen LogP contribution >= 0.6 is 11.6 Å². The Bertz CT molecular complexity index is 743. The van der Waals surface area contributed by atoms with Crippen molar-refractivity contribution in [2.45, 2.75) is 50.4 Å². The Labute approximate surface area is 152 Å². The van der Waals surface area contributed by atoms with Crippen molar-refractivity contribution in [1.82, 2.24) is 10.5 Å². The lowest BCUT2D eigenvalue weighted by Crippen LogP contribution is -2.38. The highest BCUT2D eigenvalue weighted by Crippen LogP contribution is 2.48. The molecule has 0 saturated heterocycles. The number of hydrogen-bond acceptors (Lipinski definition) is 3. The average molecular weight is 359 g/mol. The third-order valence-electron chi connectivity index (χ3n) is 5.59. The average Bonchev–Trinajstić information content (AvgIpc) is 3.31. The molecule has 4 nitrogen and oxygen atoms in total. The van der Waals surface area contributed by atoms with Gasteiger partial charge in [-0.1, -0.05) is 36.0 Å². The molecule has 1 amide bonds. The number of rotatable bonds is 5. The number of hydrogen-bond donors (Lipinski definition) is 1. The van der Waals surface area contributed by atoms with Crippen molar-refractivity contribution in [1.29, 1.82) is 0 Å². The number of halogens is 1. The molecule has 0 radical (unpaired) electrons. The van der Waals surface area contributed by atoms with E-state index >= 15 is 0 Å². The summed E-state index contributed by atoms with van der Waals surface area (Å²) in [5.41, 5.74) is 1.18. The van der Waals surface area contributed by atoms with Gasteiger partial charge in [0, 0.05) is 23.2 Å². The van der Waals surface area contributed by atoms with Crippen LogP contribution in [-0.2, 0) is 10.2 Å². The predicted octanol–water partition coefficient (Wildman–Crippen LogP) is 4.72. The Morgan fingerprint density at radius 3 is 2.60 bits per heavy atom. The molecule has 1 aromatic heterocycles. The standard InChI is InChI=1S/C20H23ClN2O2/c21-16-8-6-15(7-9-16)17-12-18(23-25-17)20(10-11-20)19(24)22-13-14-4-2-1-3-5-14/h6-9,12,14H,1-5,10-11,13H2,(H,22,24). The van der Waals surface area contributed by atoms with Gasteiger partial charge in [-0.3, -0.25) is 4.79 Å². The van der Waals surface area contributed by atoms with E-state index in [1.54, 1.807) is 0 Å². The summed E-state index contributed by atoms with van der Waals surface area (Å²) in [6, 6.07) is 9.34. The molecule has 0 spiro atoms. The fourth-order valence-corrected chi connectivity index (χ4v) is 3.90. The maximum absolute atomic E-state index is 12.8. The maximum atomic E-state index is 12.8. The van der Waals surface area contributed by atoms with Gasteiger partial charge < -0.3 is 9.84 Å². The first kappa shape index (κ1) is 16.6. The summed E-state index contributed by atoms with van der Waals surface area (Å²) < 4.78 is 5.49. The molecule has 0 aliphatic heterocycles. The zero-order valence-electron chi connectivity index (χ0n) is 14.3. The van der Waals surface area contributed by atoms with Gasteiger partial charge in [-0.15, -0.1) is 0 Å². The van der Waals surface area contributed by atoms with E-state index in [1.165, 1.54) is 32.1 Å². The molecule has 5 heteroatoms. The highest BCUT2D eigenvalue weighted by Gasteiger charge is 2.53. The highest BCUT2D eigenvalue weighted by atomic mass is 35.5. The van der Waals surface area contributed by atoms with Gasteiger partial charge in [0.2, 0.25) is 5.91 Å². The summed E-state index contributed by atoms with van der Waals surface area (Å²) in [7, 11) is 0. The molecule has 2 aliphatic rings. The van der Waals surface area contributed by atoms with E-state index in [1.807, 2.05) is 30.3 Å². The quantitative estimate of drug-likeness (QED) is 0.841. The number of aromatic nitrogens is 1. The van der Waals surface area contributed by atoms with Gasteiger partial charge in [0.1, 0.15) is 0 Å². The minimum atomic E-state index is -0.483. The summed E-state index contributed by atoms with van der Waals surface area (Å²) in [6.07, 6.45) is 8.07. The number of nitrogens with zero attached hydrogens (tertiary/aromatic N) is 1. The third-order valence-corrected chi connectivity index (χ3v) is 5.84. The largest absolute Gasteiger partial charge is 0.356 e. The Morgan fingerprint density at radius 1 is 1.20 bits per heavy atom. The third kappa shape index (κ3) is 3.45. The van der Waals surface area contributed by atoms with Crippen LogP contribution in [-0.4, -0.2) is 17.6 Å². The fraction of sp³-hybridized carbons (Fsp3) is 0.500. The van der Waals surface area contributed by atoms with Crippen LogP contribution in [0.5, 0.6) is 0 Å². The van der Waals surface area contributed by atoms with Crippen LogP contribution in [0.2, 0.25) is 5.02 Å². The van der Waals surface area contributed by atoms with Crippen LogP contribution in [0, 0.1) is 5.92 Å². The van der Waals surface area contributed by atoms with Crippen molar-refractivity contribution in [3.05, 3.63) is 41.0 Å². The minimum Gasteiger partial charge on any atom is -0.356 e. The normalized spacial score (nSPS) is 19.6. The van der Waals surface area contributed by atoms with Gasteiger partial charge in [-0.05, 0) is 55.9 Å². The molecule has 2 aliphatic carbocycles. The Morgan fingerprint density at radius 2 is 1.92 bits per heavy atom. The van der Waals surface area contributed by atoms with E-state index in [0.717, 1.165) is 30.6 Å². The smallest absolute Gasteiger partial charge is 0.232 e. The summed E-state index contributed by atoms with van der Waals surface area (Å²) in [4.78, 5) is 12.8. The molecule has 1 heterocycles. The van der Waals surface area contributed by atoms with Crippen LogP contribution < -0.4 is 5.32 Å². The Hall–Kier alpha value is -1.81. The van der Waals surface area contributed by atoms with Gasteiger partial charge in [0.05, 0.1) is 11.1 Å². The Balaban J connectivity index is 1.43. The molecule has 1 aromatic carbocycles. The van der Waals surface area contributed by atoms with Gasteiger partial charge in [-0.25, -0.2) is 0 Å². The molecule has 1 N–H and O–H groups in total. The second-order valence-electron chi connectivity index (χ2n) is 7.38. The number of amides is 1. The molecule has 0 bridgehead atoms. The summed E-state index contributed by atoms with van der Waals surface area (Å²) in [5, 5.41) is 8.05. The van der Waals surface area contributed by atoms with E-state index in [9.17, 15) is 4.79 Å². The van der Waals surface area contributed by atoms with Gasteiger partial charge in [-0.2, -0.15) is 0 Å². The van der Waals surface area contributed by atoms with Crippen molar-refractivity contribution in [2.75, 3.05) is 6.54 Å². The molecule has 2 fully saturated rings. The van der Waals surface area contributed by atoms with Crippen LogP contribution in [0.25, 0.3) is 11.3 Å². The fourth-order valence-electron chi connectivity index (χ4n) is 3.77. The van der Waals surface area contributed by atoms with Crippen molar-refractivity contribution in [2.24, 2.45) is 5.92 Å². The first-order chi connectivity index (χ1) is 12.2. The molecule has 0 unspecified atom stereocenters. The molecular formula is C20H23ClN2O2. The van der Waals surface area contributed by atoms with E-state index in [-0.39, 0.29) is 5.91 Å². The van der Waals surface area contributed by atoms with Crippen LogP contribution in [0.15, 0.2) is 34.9 Å². The summed E-state index contributed by atoms with van der Waals surface area (Å²) in [5.74, 6) is 1.42. The van der Waals surface area contributed by atoms with Gasteiger partial charge in [0.15, 0.2) is 5.76 Å². The second kappa shape index (κ2) is 6.83. The van der Waals surface area contributed by atoms with Crippen molar-refractivity contribution >= 4 is 17.5 Å². The minimum absolute atomic E-state index is 0.106. The molecular weight excluding hydrogens is 336 g/mol. The number of carbonyl (C=O) groups excluding carboxylic acids is 1. The number of nitrogens with one attached hydrogen (secondary N) is 1. The van der Waals surface area contributed by atoms with E-state index in [0.29, 0.717) is 16.7 Å². The predicted molar refractivity (Wildman–Crippen MR) is 97.4 cm³/mol. The molecule has 0 atom stereocenters. The van der Waals surface area contributed by atoms with E-state index in [4.69, 9.17) is 16.1 Å². The monoisotopic (exact) mass is 358 g/mol. The molecule has 132 valence electrons. The van der Waals surface area contributed by atoms with Gasteiger partial charge >= 0.3 is 0 Å². The second-order valence-corrected chi connectivity index (χ2v) is 7.82. The number of carbonyl (C=O) groups is 1. The Kier molecular flexibility index (Phi) is 4.55. The summed E-state index contributed by atoms with van der Waals surface area (Å²) in [6.45, 7) is 0.794. The lowest BCUT2D eigenvalue weighted by atomic mass is 9.89. The first-order valence-corrected chi connectivity index (χ1v) is 9.57. The molecule has 25 heavy (non-hydrogen) atoms. The van der Waals surface area contributed by atoms with Crippen molar-refractivity contribution < 1.29 is 9.32 Å². The van der Waals surface area contributed by atoms with E-state index in [2.05, 4.69) is 10.5 Å². The number of benzene rings is 1. The molecule has 2 saturated carbocycles. The zero-order valence-corrected chi connectivity index (χ0v) is 15.0.